The van der Waals surface area contributed by atoms with Gasteiger partial charge in [0.2, 0.25) is 0 Å². The Morgan fingerprint density at radius 1 is 0.944 bits per heavy atom. The maximum Gasteiger partial charge on any atom is 0.0857 e. The van der Waals surface area contributed by atoms with E-state index in [1.165, 1.54) is 22.4 Å². The van der Waals surface area contributed by atoms with Gasteiger partial charge in [-0.3, -0.25) is 0 Å². The molecule has 0 heterocycles. The fourth-order valence-electron chi connectivity index (χ4n) is 2.49. The van der Waals surface area contributed by atoms with Crippen LogP contribution in [-0.2, 0) is 6.04 Å². The second kappa shape index (κ2) is 5.36. The zero-order valence-corrected chi connectivity index (χ0v) is 12.2. The average Bonchev–Trinajstić information content (AvgIpc) is 2.39. The molecule has 2 aromatic carbocycles. The maximum atomic E-state index is 3.93. The van der Waals surface area contributed by atoms with Gasteiger partial charge in [-0.2, -0.15) is 0 Å². The Kier molecular flexibility index (Phi) is 3.83. The van der Waals surface area contributed by atoms with Crippen LogP contribution >= 0.6 is 0 Å². The highest BCUT2D eigenvalue weighted by atomic mass is 28.3. The van der Waals surface area contributed by atoms with Gasteiger partial charge < -0.3 is 0 Å². The van der Waals surface area contributed by atoms with Crippen molar-refractivity contribution in [2.45, 2.75) is 19.1 Å². The lowest BCUT2D eigenvalue weighted by Crippen LogP contribution is -2.45. The standard InChI is InChI=1S/C17H20Si/c1-4-16-12-8-9-13-17(16)18(2,3)14-15-10-6-5-7-11-15/h4-13H,1,14H2,2-3H3. The number of benzene rings is 2. The van der Waals surface area contributed by atoms with Gasteiger partial charge in [-0.05, 0) is 11.6 Å². The van der Waals surface area contributed by atoms with Crippen LogP contribution in [0.3, 0.4) is 0 Å². The quantitative estimate of drug-likeness (QED) is 0.721. The molecule has 0 amide bonds. The van der Waals surface area contributed by atoms with Crippen LogP contribution in [0.1, 0.15) is 11.1 Å². The van der Waals surface area contributed by atoms with E-state index in [1.807, 2.05) is 6.08 Å². The molecule has 0 fully saturated rings. The Balaban J connectivity index is 2.33. The lowest BCUT2D eigenvalue weighted by Gasteiger charge is -2.25. The highest BCUT2D eigenvalue weighted by Crippen LogP contribution is 2.15. The molecule has 92 valence electrons. The Hall–Kier alpha value is -1.60. The van der Waals surface area contributed by atoms with E-state index in [9.17, 15) is 0 Å². The van der Waals surface area contributed by atoms with Crippen molar-refractivity contribution in [2.24, 2.45) is 0 Å². The molecule has 0 aliphatic heterocycles. The highest BCUT2D eigenvalue weighted by Gasteiger charge is 2.25. The van der Waals surface area contributed by atoms with Crippen LogP contribution in [0, 0.1) is 0 Å². The van der Waals surface area contributed by atoms with Crippen molar-refractivity contribution in [1.82, 2.24) is 0 Å². The summed E-state index contributed by atoms with van der Waals surface area (Å²) >= 11 is 0. The fourth-order valence-corrected chi connectivity index (χ4v) is 5.45. The van der Waals surface area contributed by atoms with E-state index in [4.69, 9.17) is 0 Å². The zero-order chi connectivity index (χ0) is 13.0. The van der Waals surface area contributed by atoms with Gasteiger partial charge in [-0.15, -0.1) is 0 Å². The number of rotatable bonds is 4. The van der Waals surface area contributed by atoms with Gasteiger partial charge in [0, 0.05) is 0 Å². The van der Waals surface area contributed by atoms with Crippen molar-refractivity contribution in [1.29, 1.82) is 0 Å². The van der Waals surface area contributed by atoms with Crippen molar-refractivity contribution < 1.29 is 0 Å². The van der Waals surface area contributed by atoms with Crippen molar-refractivity contribution in [3.63, 3.8) is 0 Å². The second-order valence-electron chi connectivity index (χ2n) is 5.34. The Bertz CT molecular complexity index is 526. The topological polar surface area (TPSA) is 0 Å². The van der Waals surface area contributed by atoms with Gasteiger partial charge in [0.05, 0.1) is 8.07 Å². The summed E-state index contributed by atoms with van der Waals surface area (Å²) in [6.07, 6.45) is 1.98. The number of hydrogen-bond acceptors (Lipinski definition) is 0. The fraction of sp³-hybridized carbons (Fsp3) is 0.176. The molecule has 0 saturated heterocycles. The summed E-state index contributed by atoms with van der Waals surface area (Å²) in [5, 5.41) is 1.50. The third-order valence-electron chi connectivity index (χ3n) is 3.40. The molecule has 1 heteroatoms. The van der Waals surface area contributed by atoms with E-state index in [2.05, 4.69) is 74.3 Å². The molecule has 0 atom stereocenters. The molecule has 0 aliphatic carbocycles. The molecule has 0 aromatic heterocycles. The molecular formula is C17H20Si. The lowest BCUT2D eigenvalue weighted by atomic mass is 10.2. The van der Waals surface area contributed by atoms with Gasteiger partial charge in [-0.1, -0.05) is 91.1 Å². The summed E-state index contributed by atoms with van der Waals surface area (Å²) in [5.41, 5.74) is 2.73. The van der Waals surface area contributed by atoms with Crippen LogP contribution in [0.2, 0.25) is 13.1 Å². The first-order valence-electron chi connectivity index (χ1n) is 6.39. The van der Waals surface area contributed by atoms with Crippen LogP contribution in [0.5, 0.6) is 0 Å². The van der Waals surface area contributed by atoms with Crippen LogP contribution < -0.4 is 5.19 Å². The molecule has 0 N–H and O–H groups in total. The minimum absolute atomic E-state index is 1.18. The summed E-state index contributed by atoms with van der Waals surface area (Å²) in [4.78, 5) is 0. The predicted octanol–water partition coefficient (Wildman–Crippen LogP) is 4.03. The largest absolute Gasteiger partial charge is 0.0985 e. The van der Waals surface area contributed by atoms with Crippen molar-refractivity contribution >= 4 is 19.3 Å². The van der Waals surface area contributed by atoms with Crippen LogP contribution in [0.25, 0.3) is 6.08 Å². The van der Waals surface area contributed by atoms with E-state index in [-0.39, 0.29) is 0 Å². The molecule has 0 aliphatic rings. The zero-order valence-electron chi connectivity index (χ0n) is 11.2. The Morgan fingerprint density at radius 3 is 2.22 bits per heavy atom. The number of hydrogen-bond donors (Lipinski definition) is 0. The molecule has 2 rings (SSSR count). The van der Waals surface area contributed by atoms with Crippen LogP contribution in [0.4, 0.5) is 0 Å². The monoisotopic (exact) mass is 252 g/mol. The highest BCUT2D eigenvalue weighted by molar-refractivity contribution is 6.89. The normalized spacial score (nSPS) is 11.2. The van der Waals surface area contributed by atoms with Gasteiger partial charge in [0.15, 0.2) is 0 Å². The summed E-state index contributed by atoms with van der Waals surface area (Å²) in [7, 11) is -1.46. The molecule has 0 unspecified atom stereocenters. The maximum absolute atomic E-state index is 3.93. The smallest absolute Gasteiger partial charge is 0.0857 e. The van der Waals surface area contributed by atoms with Gasteiger partial charge in [0.1, 0.15) is 0 Å². The van der Waals surface area contributed by atoms with Crippen molar-refractivity contribution in [3.8, 4) is 0 Å². The van der Waals surface area contributed by atoms with Crippen LogP contribution in [0.15, 0.2) is 61.2 Å². The first kappa shape index (κ1) is 12.8. The molecule has 0 nitrogen and oxygen atoms in total. The molecule has 0 radical (unpaired) electrons. The first-order chi connectivity index (χ1) is 8.63. The van der Waals surface area contributed by atoms with E-state index in [1.54, 1.807) is 0 Å². The van der Waals surface area contributed by atoms with E-state index >= 15 is 0 Å². The Morgan fingerprint density at radius 2 is 1.56 bits per heavy atom. The van der Waals surface area contributed by atoms with Crippen molar-refractivity contribution in [2.75, 3.05) is 0 Å². The second-order valence-corrected chi connectivity index (χ2v) is 10.00. The van der Waals surface area contributed by atoms with Gasteiger partial charge >= 0.3 is 0 Å². The predicted molar refractivity (Wildman–Crippen MR) is 83.8 cm³/mol. The Labute approximate surface area is 111 Å². The van der Waals surface area contributed by atoms with E-state index in [0.29, 0.717) is 0 Å². The third kappa shape index (κ3) is 2.80. The SMILES string of the molecule is C=Cc1ccccc1[Si](C)(C)Cc1ccccc1. The molecule has 0 bridgehead atoms. The summed E-state index contributed by atoms with van der Waals surface area (Å²) in [5.74, 6) is 0. The molecule has 2 aromatic rings. The molecule has 0 spiro atoms. The van der Waals surface area contributed by atoms with E-state index < -0.39 is 8.07 Å². The molecular weight excluding hydrogens is 232 g/mol. The molecule has 0 saturated carbocycles. The van der Waals surface area contributed by atoms with E-state index in [0.717, 1.165) is 0 Å². The summed E-state index contributed by atoms with van der Waals surface area (Å²) in [6, 6.07) is 20.6. The first-order valence-corrected chi connectivity index (χ1v) is 9.60. The van der Waals surface area contributed by atoms with Crippen LogP contribution in [-0.4, -0.2) is 8.07 Å². The minimum Gasteiger partial charge on any atom is -0.0985 e. The van der Waals surface area contributed by atoms with Gasteiger partial charge in [0.25, 0.3) is 0 Å². The molecule has 18 heavy (non-hydrogen) atoms. The lowest BCUT2D eigenvalue weighted by molar-refractivity contribution is 1.32. The minimum atomic E-state index is -1.46. The third-order valence-corrected chi connectivity index (χ3v) is 6.60. The summed E-state index contributed by atoms with van der Waals surface area (Å²) in [6.45, 7) is 8.80. The van der Waals surface area contributed by atoms with Crippen molar-refractivity contribution in [3.05, 3.63) is 72.3 Å². The van der Waals surface area contributed by atoms with Gasteiger partial charge in [-0.25, -0.2) is 0 Å². The summed E-state index contributed by atoms with van der Waals surface area (Å²) < 4.78 is 0. The average molecular weight is 252 g/mol.